The summed E-state index contributed by atoms with van der Waals surface area (Å²) in [7, 11) is 0. The highest BCUT2D eigenvalue weighted by Crippen LogP contribution is 2.16. The van der Waals surface area contributed by atoms with Crippen LogP contribution in [0.4, 0.5) is 9.59 Å². The molecule has 0 aliphatic carbocycles. The highest BCUT2D eigenvalue weighted by Gasteiger charge is 2.35. The van der Waals surface area contributed by atoms with E-state index in [2.05, 4.69) is 15.2 Å². The van der Waals surface area contributed by atoms with Gasteiger partial charge in [0.2, 0.25) is 5.96 Å². The molecule has 2 amide bonds. The number of aliphatic imine (C=N–C) groups is 1. The molecule has 1 saturated heterocycles. The predicted octanol–water partition coefficient (Wildman–Crippen LogP) is 5.83. The van der Waals surface area contributed by atoms with Gasteiger partial charge in [0.05, 0.1) is 6.54 Å². The molecule has 9 heteroatoms. The number of carbonyl (C=O) groups is 2. The first kappa shape index (κ1) is 28.9. The summed E-state index contributed by atoms with van der Waals surface area (Å²) in [6.07, 6.45) is 2.72. The van der Waals surface area contributed by atoms with Gasteiger partial charge in [-0.15, -0.1) is 4.90 Å². The molecule has 0 bridgehead atoms. The van der Waals surface area contributed by atoms with Crippen LogP contribution in [0.15, 0.2) is 29.3 Å². The van der Waals surface area contributed by atoms with E-state index in [0.717, 1.165) is 42.9 Å². The molecular formula is C26H41ClN4O4. The van der Waals surface area contributed by atoms with Gasteiger partial charge < -0.3 is 19.7 Å². The van der Waals surface area contributed by atoms with Crippen LogP contribution in [0.3, 0.4) is 0 Å². The van der Waals surface area contributed by atoms with E-state index in [1.54, 1.807) is 53.7 Å². The molecule has 0 atom stereocenters. The molecule has 0 unspecified atom stereocenters. The second-order valence-electron chi connectivity index (χ2n) is 10.7. The minimum Gasteiger partial charge on any atom is -0.443 e. The Balaban J connectivity index is 2.21. The summed E-state index contributed by atoms with van der Waals surface area (Å²) in [5.74, 6) is 0.102. The Hall–Kier alpha value is -2.32. The first-order chi connectivity index (χ1) is 16.3. The van der Waals surface area contributed by atoms with Gasteiger partial charge in [-0.1, -0.05) is 23.7 Å². The third kappa shape index (κ3) is 11.3. The maximum atomic E-state index is 13.1. The van der Waals surface area contributed by atoms with Crippen molar-refractivity contribution in [1.29, 1.82) is 0 Å². The average Bonchev–Trinajstić information content (AvgIpc) is 3.23. The van der Waals surface area contributed by atoms with E-state index < -0.39 is 23.4 Å². The fraction of sp³-hybridized carbons (Fsp3) is 0.654. The van der Waals surface area contributed by atoms with Gasteiger partial charge >= 0.3 is 12.2 Å². The zero-order chi connectivity index (χ0) is 26.1. The van der Waals surface area contributed by atoms with Crippen LogP contribution in [0.1, 0.15) is 72.8 Å². The van der Waals surface area contributed by atoms with Crippen LogP contribution in [0.25, 0.3) is 0 Å². The first-order valence-electron chi connectivity index (χ1n) is 12.4. The SMILES string of the molecule is CC(C)(C)OC(=O)N(C(=O)OC(C)(C)C)C(=NCc1ccc(Cl)cc1)NCCCCN1CCCC1. The number of imide groups is 1. The highest BCUT2D eigenvalue weighted by atomic mass is 35.5. The molecule has 1 heterocycles. The van der Waals surface area contributed by atoms with Crippen molar-refractivity contribution in [1.82, 2.24) is 15.1 Å². The van der Waals surface area contributed by atoms with Gasteiger partial charge in [-0.25, -0.2) is 14.6 Å². The van der Waals surface area contributed by atoms with E-state index in [-0.39, 0.29) is 12.5 Å². The van der Waals surface area contributed by atoms with Crippen LogP contribution >= 0.6 is 11.6 Å². The van der Waals surface area contributed by atoms with Crippen LogP contribution in [0.2, 0.25) is 5.02 Å². The molecule has 0 aromatic heterocycles. The zero-order valence-corrected chi connectivity index (χ0v) is 22.8. The van der Waals surface area contributed by atoms with Gasteiger partial charge in [0.1, 0.15) is 11.2 Å². The normalized spacial score (nSPS) is 15.1. The maximum absolute atomic E-state index is 13.1. The molecule has 1 aromatic rings. The second kappa shape index (κ2) is 13.1. The van der Waals surface area contributed by atoms with Crippen LogP contribution in [-0.2, 0) is 16.0 Å². The Morgan fingerprint density at radius 1 is 0.971 bits per heavy atom. The Bertz CT molecular complexity index is 826. The van der Waals surface area contributed by atoms with Crippen molar-refractivity contribution in [3.05, 3.63) is 34.9 Å². The fourth-order valence-corrected chi connectivity index (χ4v) is 3.62. The maximum Gasteiger partial charge on any atom is 0.427 e. The Morgan fingerprint density at radius 2 is 1.51 bits per heavy atom. The van der Waals surface area contributed by atoms with Crippen LogP contribution < -0.4 is 5.32 Å². The van der Waals surface area contributed by atoms with E-state index in [1.807, 2.05) is 12.1 Å². The van der Waals surface area contributed by atoms with E-state index in [4.69, 9.17) is 21.1 Å². The van der Waals surface area contributed by atoms with Gasteiger partial charge in [0.15, 0.2) is 0 Å². The number of halogens is 1. The molecule has 35 heavy (non-hydrogen) atoms. The summed E-state index contributed by atoms with van der Waals surface area (Å²) >= 11 is 5.99. The molecule has 1 fully saturated rings. The summed E-state index contributed by atoms with van der Waals surface area (Å²) in [6.45, 7) is 14.6. The van der Waals surface area contributed by atoms with Gasteiger partial charge in [0, 0.05) is 11.6 Å². The Morgan fingerprint density at radius 3 is 2.03 bits per heavy atom. The third-order valence-electron chi connectivity index (χ3n) is 5.07. The standard InChI is InChI=1S/C26H41ClN4O4/c1-25(2,3)34-23(32)31(24(33)35-26(4,5)6)22(29-19-20-11-13-21(27)14-12-20)28-15-7-8-16-30-17-9-10-18-30/h11-14H,7-10,15-19H2,1-6H3,(H,28,29). The van der Waals surface area contributed by atoms with Crippen molar-refractivity contribution in [3.63, 3.8) is 0 Å². The van der Waals surface area contributed by atoms with E-state index in [9.17, 15) is 9.59 Å². The lowest BCUT2D eigenvalue weighted by Crippen LogP contribution is -2.52. The van der Waals surface area contributed by atoms with Crippen molar-refractivity contribution in [3.8, 4) is 0 Å². The molecule has 0 spiro atoms. The molecule has 0 radical (unpaired) electrons. The topological polar surface area (TPSA) is 83.5 Å². The number of hydrogen-bond donors (Lipinski definition) is 1. The lowest BCUT2D eigenvalue weighted by Gasteiger charge is -2.29. The van der Waals surface area contributed by atoms with Gasteiger partial charge in [0.25, 0.3) is 0 Å². The molecule has 1 aliphatic rings. The molecular weight excluding hydrogens is 468 g/mol. The van der Waals surface area contributed by atoms with Gasteiger partial charge in [-0.3, -0.25) is 0 Å². The average molecular weight is 509 g/mol. The van der Waals surface area contributed by atoms with Crippen LogP contribution in [0.5, 0.6) is 0 Å². The van der Waals surface area contributed by atoms with Crippen molar-refractivity contribution in [2.75, 3.05) is 26.2 Å². The summed E-state index contributed by atoms with van der Waals surface area (Å²) in [5, 5.41) is 3.81. The number of nitrogens with zero attached hydrogens (tertiary/aromatic N) is 3. The number of hydrogen-bond acceptors (Lipinski definition) is 6. The number of ether oxygens (including phenoxy) is 2. The summed E-state index contributed by atoms with van der Waals surface area (Å²) in [4.78, 5) is 34.1. The number of rotatable bonds is 7. The molecule has 0 saturated carbocycles. The molecule has 1 aliphatic heterocycles. The minimum atomic E-state index is -0.842. The van der Waals surface area contributed by atoms with Crippen molar-refractivity contribution < 1.29 is 19.1 Å². The lowest BCUT2D eigenvalue weighted by atomic mass is 10.2. The van der Waals surface area contributed by atoms with E-state index in [1.165, 1.54) is 12.8 Å². The quantitative estimate of drug-likeness (QED) is 0.283. The number of carbonyl (C=O) groups excluding carboxylic acids is 2. The van der Waals surface area contributed by atoms with Crippen molar-refractivity contribution >= 4 is 29.7 Å². The molecule has 1 N–H and O–H groups in total. The monoisotopic (exact) mass is 508 g/mol. The largest absolute Gasteiger partial charge is 0.443 e. The number of nitrogens with one attached hydrogen (secondary N) is 1. The Labute approximate surface area is 215 Å². The number of unbranched alkanes of at least 4 members (excludes halogenated alkanes) is 1. The number of guanidine groups is 1. The lowest BCUT2D eigenvalue weighted by molar-refractivity contribution is 0.0141. The van der Waals surface area contributed by atoms with Crippen molar-refractivity contribution in [2.24, 2.45) is 4.99 Å². The Kier molecular flexibility index (Phi) is 10.8. The number of benzene rings is 1. The van der Waals surface area contributed by atoms with Gasteiger partial charge in [-0.2, -0.15) is 0 Å². The summed E-state index contributed by atoms with van der Waals surface area (Å²) in [5.41, 5.74) is -0.709. The van der Waals surface area contributed by atoms with Crippen molar-refractivity contribution in [2.45, 2.75) is 85.0 Å². The molecule has 196 valence electrons. The third-order valence-corrected chi connectivity index (χ3v) is 5.32. The first-order valence-corrected chi connectivity index (χ1v) is 12.7. The number of amides is 2. The van der Waals surface area contributed by atoms with Crippen LogP contribution in [0, 0.1) is 0 Å². The summed E-state index contributed by atoms with van der Waals surface area (Å²) < 4.78 is 11.0. The molecule has 8 nitrogen and oxygen atoms in total. The smallest absolute Gasteiger partial charge is 0.427 e. The fourth-order valence-electron chi connectivity index (χ4n) is 3.49. The molecule has 1 aromatic carbocycles. The highest BCUT2D eigenvalue weighted by molar-refractivity contribution is 6.30. The predicted molar refractivity (Wildman–Crippen MR) is 140 cm³/mol. The van der Waals surface area contributed by atoms with E-state index >= 15 is 0 Å². The van der Waals surface area contributed by atoms with Gasteiger partial charge in [-0.05, 0) is 105 Å². The molecule has 2 rings (SSSR count). The van der Waals surface area contributed by atoms with E-state index in [0.29, 0.717) is 11.6 Å². The summed E-state index contributed by atoms with van der Waals surface area (Å²) in [6, 6.07) is 7.25. The second-order valence-corrected chi connectivity index (χ2v) is 11.2. The van der Waals surface area contributed by atoms with Crippen LogP contribution in [-0.4, -0.2) is 65.3 Å². The zero-order valence-electron chi connectivity index (χ0n) is 22.0. The minimum absolute atomic E-state index is 0.102. The number of likely N-dealkylation sites (tertiary alicyclic amines) is 1.